The molecule has 0 aliphatic heterocycles. The van der Waals surface area contributed by atoms with Gasteiger partial charge in [-0.05, 0) is 57.6 Å². The van der Waals surface area contributed by atoms with Gasteiger partial charge in [-0.25, -0.2) is 0 Å². The number of benzene rings is 1. The number of aliphatic hydroxyl groups is 1. The molecule has 11 nitrogen and oxygen atoms in total. The molecular weight excluding hydrogens is 524 g/mol. The van der Waals surface area contributed by atoms with Gasteiger partial charge in [-0.1, -0.05) is 54.9 Å². The second-order valence-electron chi connectivity index (χ2n) is 10.3. The van der Waals surface area contributed by atoms with Gasteiger partial charge in [0.1, 0.15) is 17.8 Å². The monoisotopic (exact) mass is 566 g/mol. The van der Waals surface area contributed by atoms with Crippen LogP contribution in [0.4, 0.5) is 0 Å². The highest BCUT2D eigenvalue weighted by molar-refractivity contribution is 5.97. The molecule has 1 aromatic carbocycles. The fraction of sp³-hybridized carbons (Fsp3) is 0.500. The molecule has 2 atom stereocenters. The standard InChI is InChI=1S/C30H42N6O5/c1-20(2)15-24(17-31)18-32-13-6-5-7-25(28(38)33-19-23-10-8-21(3)9-11-23)34-29(39)26(12-14-37)35-30(40)27-16-22(4)41-36-27/h8-11,15-16,20,25-26,32,37H,5-7,12-14,18-19H2,1-4H3,(H,33,38)(H,34,39)(H,35,40)/t25-,26?/m0/s1. The van der Waals surface area contributed by atoms with E-state index < -0.39 is 23.9 Å². The fourth-order valence-corrected chi connectivity index (χ4v) is 4.02. The minimum Gasteiger partial charge on any atom is -0.396 e. The molecule has 1 aromatic heterocycles. The Morgan fingerprint density at radius 3 is 2.37 bits per heavy atom. The number of aromatic nitrogens is 1. The molecule has 222 valence electrons. The van der Waals surface area contributed by atoms with Crippen LogP contribution in [0.15, 0.2) is 46.5 Å². The number of allylic oxidation sites excluding steroid dienone is 1. The SMILES string of the molecule is Cc1ccc(CNC(=O)[C@H](CCCCNCC(C#N)=CC(C)C)NC(=O)C(CCO)NC(=O)c2cc(C)on2)cc1. The lowest BCUT2D eigenvalue weighted by Gasteiger charge is -2.23. The van der Waals surface area contributed by atoms with E-state index in [0.717, 1.165) is 17.5 Å². The molecule has 0 aliphatic carbocycles. The van der Waals surface area contributed by atoms with E-state index in [-0.39, 0.29) is 30.5 Å². The number of hydrogen-bond donors (Lipinski definition) is 5. The van der Waals surface area contributed by atoms with Crippen LogP contribution in [0.5, 0.6) is 0 Å². The van der Waals surface area contributed by atoms with Crippen LogP contribution in [0.3, 0.4) is 0 Å². The van der Waals surface area contributed by atoms with Crippen molar-refractivity contribution in [2.75, 3.05) is 19.7 Å². The number of aryl methyl sites for hydroxylation is 2. The number of carbonyl (C=O) groups excluding carboxylic acids is 3. The van der Waals surface area contributed by atoms with Crippen LogP contribution in [0, 0.1) is 31.1 Å². The first kappa shape index (κ1) is 33.2. The van der Waals surface area contributed by atoms with Crippen molar-refractivity contribution in [2.45, 2.75) is 72.0 Å². The van der Waals surface area contributed by atoms with Crippen LogP contribution in [-0.2, 0) is 16.1 Å². The zero-order valence-electron chi connectivity index (χ0n) is 24.3. The summed E-state index contributed by atoms with van der Waals surface area (Å²) in [5.41, 5.74) is 2.73. The third kappa shape index (κ3) is 12.4. The number of unbranched alkanes of at least 4 members (excludes halogenated alkanes) is 1. The normalized spacial score (nSPS) is 12.9. The molecule has 2 aromatic rings. The Morgan fingerprint density at radius 2 is 1.76 bits per heavy atom. The molecule has 0 saturated carbocycles. The maximum Gasteiger partial charge on any atom is 0.274 e. The van der Waals surface area contributed by atoms with E-state index in [2.05, 4.69) is 32.5 Å². The smallest absolute Gasteiger partial charge is 0.274 e. The van der Waals surface area contributed by atoms with E-state index in [1.165, 1.54) is 6.07 Å². The molecular formula is C30H42N6O5. The third-order valence-electron chi connectivity index (χ3n) is 6.21. The van der Waals surface area contributed by atoms with Gasteiger partial charge in [-0.15, -0.1) is 0 Å². The van der Waals surface area contributed by atoms with Crippen molar-refractivity contribution in [3.05, 3.63) is 64.6 Å². The predicted molar refractivity (Wildman–Crippen MR) is 154 cm³/mol. The summed E-state index contributed by atoms with van der Waals surface area (Å²) in [7, 11) is 0. The molecule has 41 heavy (non-hydrogen) atoms. The van der Waals surface area contributed by atoms with Gasteiger partial charge in [0.25, 0.3) is 5.91 Å². The van der Waals surface area contributed by atoms with Crippen LogP contribution in [-0.4, -0.2) is 59.8 Å². The maximum absolute atomic E-state index is 13.2. The number of nitrogens with zero attached hydrogens (tertiary/aromatic N) is 2. The number of nitriles is 1. The molecule has 0 fully saturated rings. The molecule has 0 saturated heterocycles. The van der Waals surface area contributed by atoms with Gasteiger partial charge in [0.05, 0.1) is 6.07 Å². The number of nitrogens with one attached hydrogen (secondary N) is 4. The Hall–Kier alpha value is -4.01. The van der Waals surface area contributed by atoms with Crippen molar-refractivity contribution in [2.24, 2.45) is 5.92 Å². The molecule has 0 spiro atoms. The summed E-state index contributed by atoms with van der Waals surface area (Å²) in [5.74, 6) is -0.824. The van der Waals surface area contributed by atoms with Crippen LogP contribution in [0.1, 0.15) is 66.9 Å². The number of carbonyl (C=O) groups is 3. The minimum absolute atomic E-state index is 0.0147. The summed E-state index contributed by atoms with van der Waals surface area (Å²) < 4.78 is 4.92. The lowest BCUT2D eigenvalue weighted by atomic mass is 10.1. The van der Waals surface area contributed by atoms with Gasteiger partial charge in [0.15, 0.2) is 5.69 Å². The molecule has 11 heteroatoms. The molecule has 1 heterocycles. The number of amides is 3. The molecule has 0 bridgehead atoms. The van der Waals surface area contributed by atoms with Crippen LogP contribution in [0.25, 0.3) is 0 Å². The van der Waals surface area contributed by atoms with E-state index in [0.29, 0.717) is 43.8 Å². The second-order valence-corrected chi connectivity index (χ2v) is 10.3. The van der Waals surface area contributed by atoms with Crippen LogP contribution in [0.2, 0.25) is 0 Å². The van der Waals surface area contributed by atoms with Gasteiger partial charge >= 0.3 is 0 Å². The first-order valence-electron chi connectivity index (χ1n) is 13.9. The zero-order chi connectivity index (χ0) is 30.2. The number of hydrogen-bond acceptors (Lipinski definition) is 8. The van der Waals surface area contributed by atoms with Crippen molar-refractivity contribution in [1.82, 2.24) is 26.4 Å². The average Bonchev–Trinajstić information content (AvgIpc) is 3.38. The number of aliphatic hydroxyl groups excluding tert-OH is 1. The van der Waals surface area contributed by atoms with E-state index in [1.807, 2.05) is 51.1 Å². The Labute approximate surface area is 241 Å². The van der Waals surface area contributed by atoms with Crippen LogP contribution < -0.4 is 21.3 Å². The molecule has 0 aliphatic rings. The van der Waals surface area contributed by atoms with Gasteiger partial charge in [0, 0.05) is 31.3 Å². The van der Waals surface area contributed by atoms with Gasteiger partial charge < -0.3 is 30.9 Å². The Balaban J connectivity index is 2.01. The van der Waals surface area contributed by atoms with E-state index >= 15 is 0 Å². The van der Waals surface area contributed by atoms with Gasteiger partial charge in [-0.3, -0.25) is 14.4 Å². The maximum atomic E-state index is 13.2. The second kappa shape index (κ2) is 17.6. The first-order chi connectivity index (χ1) is 19.6. The first-order valence-corrected chi connectivity index (χ1v) is 13.9. The van der Waals surface area contributed by atoms with Crippen molar-refractivity contribution >= 4 is 17.7 Å². The quantitative estimate of drug-likeness (QED) is 0.144. The number of rotatable bonds is 17. The van der Waals surface area contributed by atoms with Crippen LogP contribution >= 0.6 is 0 Å². The van der Waals surface area contributed by atoms with Gasteiger partial charge in [0.2, 0.25) is 11.8 Å². The summed E-state index contributed by atoms with van der Waals surface area (Å²) in [5, 5.41) is 33.9. The molecule has 1 unspecified atom stereocenters. The molecule has 5 N–H and O–H groups in total. The van der Waals surface area contributed by atoms with Gasteiger partial charge in [-0.2, -0.15) is 5.26 Å². The predicted octanol–water partition coefficient (Wildman–Crippen LogP) is 2.44. The minimum atomic E-state index is -1.07. The highest BCUT2D eigenvalue weighted by atomic mass is 16.5. The van der Waals surface area contributed by atoms with Crippen molar-refractivity contribution in [3.63, 3.8) is 0 Å². The lowest BCUT2D eigenvalue weighted by Crippen LogP contribution is -2.54. The zero-order valence-corrected chi connectivity index (χ0v) is 24.3. The van der Waals surface area contributed by atoms with Crippen molar-refractivity contribution in [1.29, 1.82) is 5.26 Å². The summed E-state index contributed by atoms with van der Waals surface area (Å²) in [6, 6.07) is 9.49. The molecule has 3 amide bonds. The Kier molecular flexibility index (Phi) is 14.3. The highest BCUT2D eigenvalue weighted by Gasteiger charge is 2.27. The molecule has 2 rings (SSSR count). The Morgan fingerprint density at radius 1 is 1.05 bits per heavy atom. The lowest BCUT2D eigenvalue weighted by molar-refractivity contribution is -0.130. The average molecular weight is 567 g/mol. The highest BCUT2D eigenvalue weighted by Crippen LogP contribution is 2.08. The fourth-order valence-electron chi connectivity index (χ4n) is 4.02. The summed E-state index contributed by atoms with van der Waals surface area (Å²) >= 11 is 0. The van der Waals surface area contributed by atoms with E-state index in [9.17, 15) is 24.8 Å². The third-order valence-corrected chi connectivity index (χ3v) is 6.21. The Bertz CT molecular complexity index is 1200. The largest absolute Gasteiger partial charge is 0.396 e. The summed E-state index contributed by atoms with van der Waals surface area (Å²) in [4.78, 5) is 38.9. The summed E-state index contributed by atoms with van der Waals surface area (Å²) in [6.45, 7) is 8.72. The summed E-state index contributed by atoms with van der Waals surface area (Å²) in [6.07, 6.45) is 3.59. The topological polar surface area (TPSA) is 169 Å². The van der Waals surface area contributed by atoms with Crippen molar-refractivity contribution in [3.8, 4) is 6.07 Å². The molecule has 0 radical (unpaired) electrons. The van der Waals surface area contributed by atoms with E-state index in [4.69, 9.17) is 4.52 Å². The van der Waals surface area contributed by atoms with E-state index in [1.54, 1.807) is 6.92 Å². The van der Waals surface area contributed by atoms with Crippen molar-refractivity contribution < 1.29 is 24.0 Å².